The number of aromatic hydroxyl groups is 1. The fourth-order valence-corrected chi connectivity index (χ4v) is 5.19. The summed E-state index contributed by atoms with van der Waals surface area (Å²) in [4.78, 5) is 16.0. The first-order valence-electron chi connectivity index (χ1n) is 10.8. The lowest BCUT2D eigenvalue weighted by Crippen LogP contribution is -2.47. The summed E-state index contributed by atoms with van der Waals surface area (Å²) in [7, 11) is 0. The van der Waals surface area contributed by atoms with Crippen molar-refractivity contribution in [2.24, 2.45) is 0 Å². The van der Waals surface area contributed by atoms with E-state index in [1.165, 1.54) is 23.1 Å². The summed E-state index contributed by atoms with van der Waals surface area (Å²) in [5, 5.41) is 19.1. The van der Waals surface area contributed by atoms with Crippen LogP contribution in [0.25, 0.3) is 0 Å². The molecule has 0 unspecified atom stereocenters. The third kappa shape index (κ3) is 4.72. The average molecular weight is 430 g/mol. The quantitative estimate of drug-likeness (QED) is 0.707. The maximum atomic E-state index is 14.1. The maximum absolute atomic E-state index is 14.1. The highest BCUT2D eigenvalue weighted by molar-refractivity contribution is 5.77. The summed E-state index contributed by atoms with van der Waals surface area (Å²) >= 11 is 0. The van der Waals surface area contributed by atoms with Crippen molar-refractivity contribution in [3.05, 3.63) is 65.2 Å². The third-order valence-corrected chi connectivity index (χ3v) is 6.75. The number of hydrogen-bond donors (Lipinski definition) is 2. The highest BCUT2D eigenvalue weighted by Crippen LogP contribution is 2.43. The van der Waals surface area contributed by atoms with Gasteiger partial charge in [0, 0.05) is 30.7 Å². The smallest absolute Gasteiger partial charge is 0.248 e. The number of phenolic OH excluding ortho intramolecular Hbond substituents is 1. The molecule has 2 aromatic rings. The lowest BCUT2D eigenvalue weighted by atomic mass is 9.85. The molecule has 1 amide bonds. The molecule has 0 spiro atoms. The van der Waals surface area contributed by atoms with Crippen LogP contribution < -0.4 is 0 Å². The maximum Gasteiger partial charge on any atom is 0.248 e. The molecule has 2 saturated heterocycles. The molecule has 2 bridgehead atoms. The van der Waals surface area contributed by atoms with Gasteiger partial charge in [0.25, 0.3) is 0 Å². The molecule has 3 atom stereocenters. The van der Waals surface area contributed by atoms with Crippen molar-refractivity contribution in [1.82, 2.24) is 9.80 Å². The van der Waals surface area contributed by atoms with Gasteiger partial charge < -0.3 is 15.1 Å². The number of aliphatic hydroxyl groups is 1. The van der Waals surface area contributed by atoms with Gasteiger partial charge >= 0.3 is 0 Å². The first-order valence-corrected chi connectivity index (χ1v) is 10.8. The van der Waals surface area contributed by atoms with Gasteiger partial charge in [-0.25, -0.2) is 8.78 Å². The van der Waals surface area contributed by atoms with Crippen LogP contribution in [-0.2, 0) is 11.3 Å². The van der Waals surface area contributed by atoms with Crippen LogP contribution in [0.15, 0.2) is 42.5 Å². The van der Waals surface area contributed by atoms with Crippen molar-refractivity contribution < 1.29 is 23.8 Å². The van der Waals surface area contributed by atoms with Gasteiger partial charge in [-0.2, -0.15) is 0 Å². The molecule has 0 aliphatic carbocycles. The average Bonchev–Trinajstić information content (AvgIpc) is 2.99. The summed E-state index contributed by atoms with van der Waals surface area (Å²) in [5.74, 6) is -1.25. The summed E-state index contributed by atoms with van der Waals surface area (Å²) in [6.07, 6.45) is 4.12. The van der Waals surface area contributed by atoms with Crippen molar-refractivity contribution in [1.29, 1.82) is 0 Å². The molecule has 2 aliphatic heterocycles. The minimum absolute atomic E-state index is 0.158. The molecule has 2 N–H and O–H groups in total. The molecule has 0 aromatic heterocycles. The Morgan fingerprint density at radius 3 is 2.32 bits per heavy atom. The number of carbonyl (C=O) groups is 1. The van der Waals surface area contributed by atoms with E-state index in [0.717, 1.165) is 31.2 Å². The van der Waals surface area contributed by atoms with Gasteiger partial charge in [0.1, 0.15) is 24.0 Å². The van der Waals surface area contributed by atoms with Crippen molar-refractivity contribution in [3.63, 3.8) is 0 Å². The van der Waals surface area contributed by atoms with E-state index in [0.29, 0.717) is 31.1 Å². The van der Waals surface area contributed by atoms with Crippen LogP contribution >= 0.6 is 0 Å². The number of piperidine rings is 1. The fraction of sp³-hybridized carbons (Fsp3) is 0.458. The van der Waals surface area contributed by atoms with Crippen LogP contribution in [0.3, 0.4) is 0 Å². The monoisotopic (exact) mass is 430 g/mol. The van der Waals surface area contributed by atoms with E-state index in [4.69, 9.17) is 0 Å². The number of rotatable bonds is 7. The number of aliphatic hydroxyl groups excluding tert-OH is 1. The molecule has 0 saturated carbocycles. The first kappa shape index (κ1) is 21.7. The van der Waals surface area contributed by atoms with E-state index in [2.05, 4.69) is 11.0 Å². The van der Waals surface area contributed by atoms with Crippen molar-refractivity contribution in [2.45, 2.75) is 50.2 Å². The topological polar surface area (TPSA) is 64.0 Å². The molecule has 5 nitrogen and oxygen atoms in total. The van der Waals surface area contributed by atoms with E-state index in [9.17, 15) is 23.8 Å². The van der Waals surface area contributed by atoms with Crippen LogP contribution in [-0.4, -0.2) is 57.7 Å². The second kappa shape index (κ2) is 9.32. The van der Waals surface area contributed by atoms with Crippen molar-refractivity contribution in [2.75, 3.05) is 19.7 Å². The van der Waals surface area contributed by atoms with E-state index < -0.39 is 24.1 Å². The predicted octanol–water partition coefficient (Wildman–Crippen LogP) is 3.40. The van der Waals surface area contributed by atoms with Gasteiger partial charge in [0.15, 0.2) is 0 Å². The molecule has 31 heavy (non-hydrogen) atoms. The molecule has 2 aromatic carbocycles. The fourth-order valence-electron chi connectivity index (χ4n) is 5.19. The standard InChI is InChI=1S/C24H28F2N2O3/c25-22-5-2-6-23(26)21(22)14-27(24(31)15-29)9-10-28-18-7-8-19(28)12-17(11-18)16-3-1-4-20(30)13-16/h1-6,13,17-19,29-30H,7-12,14-15H2/t17-,18+,19-. The largest absolute Gasteiger partial charge is 0.508 e. The minimum Gasteiger partial charge on any atom is -0.508 e. The number of benzene rings is 2. The van der Waals surface area contributed by atoms with Crippen LogP contribution in [0.4, 0.5) is 8.78 Å². The summed E-state index contributed by atoms with van der Waals surface area (Å²) in [6.45, 7) is 0.0103. The molecular weight excluding hydrogens is 402 g/mol. The lowest BCUT2D eigenvalue weighted by molar-refractivity contribution is -0.135. The number of halogens is 2. The molecule has 166 valence electrons. The molecule has 2 heterocycles. The van der Waals surface area contributed by atoms with Gasteiger partial charge in [-0.15, -0.1) is 0 Å². The number of carbonyl (C=O) groups excluding carboxylic acids is 1. The van der Waals surface area contributed by atoms with Gasteiger partial charge in [-0.1, -0.05) is 18.2 Å². The second-order valence-electron chi connectivity index (χ2n) is 8.56. The third-order valence-electron chi connectivity index (χ3n) is 6.75. The Hall–Kier alpha value is -2.51. The Bertz CT molecular complexity index is 905. The summed E-state index contributed by atoms with van der Waals surface area (Å²) in [6, 6.07) is 11.8. The van der Waals surface area contributed by atoms with Crippen molar-refractivity contribution in [3.8, 4) is 5.75 Å². The van der Waals surface area contributed by atoms with E-state index in [1.54, 1.807) is 6.07 Å². The van der Waals surface area contributed by atoms with Crippen LogP contribution in [0.1, 0.15) is 42.7 Å². The predicted molar refractivity (Wildman–Crippen MR) is 112 cm³/mol. The first-order chi connectivity index (χ1) is 15.0. The van der Waals surface area contributed by atoms with E-state index >= 15 is 0 Å². The normalized spacial score (nSPS) is 23.1. The van der Waals surface area contributed by atoms with Gasteiger partial charge in [0.05, 0.1) is 6.54 Å². The Labute approximate surface area is 180 Å². The molecule has 4 rings (SSSR count). The molecule has 2 fully saturated rings. The number of fused-ring (bicyclic) bond motifs is 2. The minimum atomic E-state index is -0.692. The van der Waals surface area contributed by atoms with Crippen LogP contribution in [0.5, 0.6) is 5.75 Å². The lowest BCUT2D eigenvalue weighted by Gasteiger charge is -2.40. The van der Waals surface area contributed by atoms with E-state index in [-0.39, 0.29) is 17.9 Å². The van der Waals surface area contributed by atoms with E-state index in [1.807, 2.05) is 12.1 Å². The van der Waals surface area contributed by atoms with Gasteiger partial charge in [-0.3, -0.25) is 9.69 Å². The van der Waals surface area contributed by atoms with Crippen molar-refractivity contribution >= 4 is 5.91 Å². The van der Waals surface area contributed by atoms with Gasteiger partial charge in [-0.05, 0) is 61.4 Å². The molecular formula is C24H28F2N2O3. The Morgan fingerprint density at radius 2 is 1.71 bits per heavy atom. The Kier molecular flexibility index (Phi) is 6.53. The zero-order valence-electron chi connectivity index (χ0n) is 17.4. The number of phenols is 1. The molecule has 7 heteroatoms. The summed E-state index contributed by atoms with van der Waals surface area (Å²) < 4.78 is 28.1. The number of nitrogens with zero attached hydrogens (tertiary/aromatic N) is 2. The number of hydrogen-bond acceptors (Lipinski definition) is 4. The summed E-state index contributed by atoms with van der Waals surface area (Å²) in [5.41, 5.74) is 0.999. The number of amides is 1. The Morgan fingerprint density at radius 1 is 1.06 bits per heavy atom. The van der Waals surface area contributed by atoms with Crippen LogP contribution in [0, 0.1) is 11.6 Å². The highest BCUT2D eigenvalue weighted by atomic mass is 19.1. The zero-order chi connectivity index (χ0) is 22.0. The SMILES string of the molecule is O=C(CO)N(CCN1[C@@H]2CC[C@H]1C[C@@H](c1cccc(O)c1)C2)Cc1c(F)cccc1F. The highest BCUT2D eigenvalue weighted by Gasteiger charge is 2.41. The second-order valence-corrected chi connectivity index (χ2v) is 8.56. The van der Waals surface area contributed by atoms with Crippen LogP contribution in [0.2, 0.25) is 0 Å². The van der Waals surface area contributed by atoms with Gasteiger partial charge in [0.2, 0.25) is 5.91 Å². The molecule has 0 radical (unpaired) electrons. The molecule has 2 aliphatic rings. The zero-order valence-corrected chi connectivity index (χ0v) is 17.4. The Balaban J connectivity index is 1.42.